The molecule has 7 N–H and O–H groups in total. The highest BCUT2D eigenvalue weighted by atomic mass is 16.7. The Balaban J connectivity index is 1.77. The third kappa shape index (κ3) is 16.5. The molecule has 0 aromatic carbocycles. The maximum Gasteiger partial charge on any atom is 0.306 e. The lowest BCUT2D eigenvalue weighted by Gasteiger charge is -2.42. The van der Waals surface area contributed by atoms with Crippen LogP contribution in [0.5, 0.6) is 0 Å². The topological polar surface area (TPSA) is 214 Å². The minimum absolute atomic E-state index is 0.0633. The highest BCUT2D eigenvalue weighted by molar-refractivity contribution is 5.69. The molecule has 2 saturated heterocycles. The summed E-state index contributed by atoms with van der Waals surface area (Å²) in [5.74, 6) is -0.411. The van der Waals surface area contributed by atoms with Gasteiger partial charge in [-0.25, -0.2) is 0 Å². The fraction of sp³-hybridized carbons (Fsp3) is 0.971. The number of aliphatic hydroxyl groups excluding tert-OH is 7. The molecule has 2 heterocycles. The van der Waals surface area contributed by atoms with Crippen molar-refractivity contribution < 1.29 is 69.0 Å². The Labute approximate surface area is 292 Å². The van der Waals surface area contributed by atoms with E-state index in [0.29, 0.717) is 13.0 Å². The first kappa shape index (κ1) is 44.2. The SMILES string of the molecule is CCCCCCCCCCCCCCCOCC(COC1OC(COC2OC(CO)C(O)C(O)C2O)C(O)C(O)C1O)OC(=O)CCCC. The predicted octanol–water partition coefficient (Wildman–Crippen LogP) is 1.84. The number of hydrogen-bond acceptors (Lipinski definition) is 14. The van der Waals surface area contributed by atoms with Gasteiger partial charge in [0, 0.05) is 13.0 Å². The van der Waals surface area contributed by atoms with E-state index < -0.39 is 86.7 Å². The molecule has 2 aliphatic rings. The maximum absolute atomic E-state index is 12.4. The highest BCUT2D eigenvalue weighted by Gasteiger charge is 2.47. The third-order valence-corrected chi connectivity index (χ3v) is 9.12. The number of rotatable bonds is 27. The van der Waals surface area contributed by atoms with Crippen LogP contribution in [0.3, 0.4) is 0 Å². The van der Waals surface area contributed by atoms with Crippen LogP contribution in [0.15, 0.2) is 0 Å². The number of aliphatic hydroxyl groups is 7. The Kier molecular flexibility index (Phi) is 23.3. The number of esters is 1. The Hall–Kier alpha value is -1.01. The second-order valence-corrected chi connectivity index (χ2v) is 13.4. The lowest BCUT2D eigenvalue weighted by atomic mass is 9.98. The van der Waals surface area contributed by atoms with Crippen molar-refractivity contribution in [1.29, 1.82) is 0 Å². The molecule has 0 bridgehead atoms. The Bertz CT molecular complexity index is 834. The van der Waals surface area contributed by atoms with E-state index in [1.165, 1.54) is 64.2 Å². The van der Waals surface area contributed by atoms with Gasteiger partial charge in [0.05, 0.1) is 26.4 Å². The van der Waals surface area contributed by atoms with E-state index in [1.807, 2.05) is 6.92 Å². The molecule has 11 unspecified atom stereocenters. The molecule has 0 aliphatic carbocycles. The fourth-order valence-electron chi connectivity index (χ4n) is 5.91. The van der Waals surface area contributed by atoms with Crippen molar-refractivity contribution in [2.24, 2.45) is 0 Å². The molecule has 14 heteroatoms. The first-order chi connectivity index (χ1) is 23.6. The largest absolute Gasteiger partial charge is 0.457 e. The highest BCUT2D eigenvalue weighted by Crippen LogP contribution is 2.26. The van der Waals surface area contributed by atoms with Crippen molar-refractivity contribution >= 4 is 5.97 Å². The average Bonchev–Trinajstić information content (AvgIpc) is 3.10. The second-order valence-electron chi connectivity index (χ2n) is 13.4. The summed E-state index contributed by atoms with van der Waals surface area (Å²) in [5.41, 5.74) is 0. The smallest absolute Gasteiger partial charge is 0.306 e. The number of carbonyl (C=O) groups excluding carboxylic acids is 1. The molecular weight excluding hydrogens is 644 g/mol. The van der Waals surface area contributed by atoms with Gasteiger partial charge in [-0.1, -0.05) is 97.3 Å². The first-order valence-electron chi connectivity index (χ1n) is 18.6. The molecule has 2 aliphatic heterocycles. The van der Waals surface area contributed by atoms with Crippen LogP contribution in [0, 0.1) is 0 Å². The predicted molar refractivity (Wildman–Crippen MR) is 178 cm³/mol. The minimum Gasteiger partial charge on any atom is -0.457 e. The van der Waals surface area contributed by atoms with Crippen molar-refractivity contribution in [3.63, 3.8) is 0 Å². The van der Waals surface area contributed by atoms with E-state index in [1.54, 1.807) is 0 Å². The Morgan fingerprint density at radius 2 is 1.08 bits per heavy atom. The number of hydrogen-bond donors (Lipinski definition) is 7. The number of ether oxygens (including phenoxy) is 6. The molecule has 0 aromatic rings. The van der Waals surface area contributed by atoms with Crippen LogP contribution in [0.4, 0.5) is 0 Å². The van der Waals surface area contributed by atoms with E-state index in [4.69, 9.17) is 28.4 Å². The summed E-state index contributed by atoms with van der Waals surface area (Å²) < 4.78 is 33.6. The molecule has 0 radical (unpaired) electrons. The first-order valence-corrected chi connectivity index (χ1v) is 18.6. The molecule has 0 saturated carbocycles. The maximum atomic E-state index is 12.4. The molecule has 2 rings (SSSR count). The molecule has 290 valence electrons. The zero-order valence-electron chi connectivity index (χ0n) is 29.7. The summed E-state index contributed by atoms with van der Waals surface area (Å²) in [6.07, 6.45) is 1.77. The van der Waals surface area contributed by atoms with Crippen LogP contribution in [-0.2, 0) is 33.2 Å². The lowest BCUT2D eigenvalue weighted by molar-refractivity contribution is -0.332. The molecule has 0 amide bonds. The van der Waals surface area contributed by atoms with E-state index in [0.717, 1.165) is 25.7 Å². The summed E-state index contributed by atoms with van der Waals surface area (Å²) in [6, 6.07) is 0. The van der Waals surface area contributed by atoms with E-state index in [-0.39, 0.29) is 19.6 Å². The zero-order chi connectivity index (χ0) is 36.0. The van der Waals surface area contributed by atoms with Gasteiger partial charge in [-0.05, 0) is 12.8 Å². The Morgan fingerprint density at radius 3 is 1.63 bits per heavy atom. The van der Waals surface area contributed by atoms with Crippen LogP contribution >= 0.6 is 0 Å². The summed E-state index contributed by atoms with van der Waals surface area (Å²) in [4.78, 5) is 12.4. The van der Waals surface area contributed by atoms with Crippen molar-refractivity contribution in [2.45, 2.75) is 184 Å². The van der Waals surface area contributed by atoms with Gasteiger partial charge in [-0.2, -0.15) is 0 Å². The van der Waals surface area contributed by atoms with Crippen LogP contribution < -0.4 is 0 Å². The molecule has 14 nitrogen and oxygen atoms in total. The molecule has 2 fully saturated rings. The van der Waals surface area contributed by atoms with Gasteiger partial charge < -0.3 is 64.2 Å². The van der Waals surface area contributed by atoms with Crippen LogP contribution in [0.1, 0.15) is 117 Å². The van der Waals surface area contributed by atoms with Crippen molar-refractivity contribution in [3.8, 4) is 0 Å². The molecule has 0 aromatic heterocycles. The standard InChI is InChI=1S/C35H66O14/c1-3-5-7-8-9-10-11-12-13-14-15-16-17-19-44-21-24(47-27(37)18-6-4-2)22-45-34-33(43)31(41)29(39)26(49-34)23-46-35-32(42)30(40)28(38)25(20-36)48-35/h24-26,28-36,38-43H,3-23H2,1-2H3. The summed E-state index contributed by atoms with van der Waals surface area (Å²) in [6.45, 7) is 3.41. The van der Waals surface area contributed by atoms with Gasteiger partial charge in [0.25, 0.3) is 0 Å². The van der Waals surface area contributed by atoms with Crippen molar-refractivity contribution in [1.82, 2.24) is 0 Å². The van der Waals surface area contributed by atoms with Crippen molar-refractivity contribution in [3.05, 3.63) is 0 Å². The average molecular weight is 711 g/mol. The number of unbranched alkanes of at least 4 members (excludes halogenated alkanes) is 13. The summed E-state index contributed by atoms with van der Waals surface area (Å²) >= 11 is 0. The second kappa shape index (κ2) is 25.9. The Morgan fingerprint density at radius 1 is 0.592 bits per heavy atom. The molecular formula is C35H66O14. The van der Waals surface area contributed by atoms with Crippen LogP contribution in [0.2, 0.25) is 0 Å². The van der Waals surface area contributed by atoms with Gasteiger partial charge in [0.2, 0.25) is 0 Å². The van der Waals surface area contributed by atoms with E-state index in [2.05, 4.69) is 6.92 Å². The van der Waals surface area contributed by atoms with Gasteiger partial charge in [0.15, 0.2) is 12.6 Å². The monoisotopic (exact) mass is 710 g/mol. The van der Waals surface area contributed by atoms with Gasteiger partial charge >= 0.3 is 5.97 Å². The van der Waals surface area contributed by atoms with Crippen LogP contribution in [0.25, 0.3) is 0 Å². The minimum atomic E-state index is -1.69. The number of carbonyl (C=O) groups is 1. The quantitative estimate of drug-likeness (QED) is 0.0479. The lowest BCUT2D eigenvalue weighted by Crippen LogP contribution is -2.61. The molecule has 11 atom stereocenters. The zero-order valence-corrected chi connectivity index (χ0v) is 29.7. The van der Waals surface area contributed by atoms with Gasteiger partial charge in [-0.15, -0.1) is 0 Å². The normalized spacial score (nSPS) is 31.1. The summed E-state index contributed by atoms with van der Waals surface area (Å²) in [7, 11) is 0. The molecule has 49 heavy (non-hydrogen) atoms. The summed E-state index contributed by atoms with van der Waals surface area (Å²) in [5, 5.41) is 71.1. The van der Waals surface area contributed by atoms with Gasteiger partial charge in [0.1, 0.15) is 54.9 Å². The fourth-order valence-corrected chi connectivity index (χ4v) is 5.91. The van der Waals surface area contributed by atoms with Gasteiger partial charge in [-0.3, -0.25) is 4.79 Å². The van der Waals surface area contributed by atoms with E-state index in [9.17, 15) is 40.5 Å². The van der Waals surface area contributed by atoms with Crippen molar-refractivity contribution in [2.75, 3.05) is 33.0 Å². The van der Waals surface area contributed by atoms with Crippen LogP contribution in [-0.4, -0.2) is 142 Å². The van der Waals surface area contributed by atoms with E-state index >= 15 is 0 Å². The third-order valence-electron chi connectivity index (χ3n) is 9.12. The molecule has 0 spiro atoms.